The van der Waals surface area contributed by atoms with Crippen molar-refractivity contribution in [2.45, 2.75) is 38.3 Å². The molecule has 2 aliphatic heterocycles. The third kappa shape index (κ3) is 5.64. The molecule has 0 spiro atoms. The van der Waals surface area contributed by atoms with Gasteiger partial charge in [0.25, 0.3) is 0 Å². The molecule has 1 amide bonds. The quantitative estimate of drug-likeness (QED) is 0.360. The number of ether oxygens (including phenoxy) is 1. The summed E-state index contributed by atoms with van der Waals surface area (Å²) >= 11 is 0. The maximum atomic E-state index is 12.5. The molecule has 42 heavy (non-hydrogen) atoms. The minimum absolute atomic E-state index is 0.134. The Morgan fingerprint density at radius 2 is 1.95 bits per heavy atom. The molecule has 1 unspecified atom stereocenters. The van der Waals surface area contributed by atoms with Crippen LogP contribution in [0.5, 0.6) is 6.01 Å². The van der Waals surface area contributed by atoms with Crippen molar-refractivity contribution >= 4 is 28.2 Å². The molecule has 1 atom stereocenters. The van der Waals surface area contributed by atoms with Crippen molar-refractivity contribution < 1.29 is 9.53 Å². The largest absolute Gasteiger partial charge is 0.463 e. The molecule has 1 saturated heterocycles. The van der Waals surface area contributed by atoms with E-state index in [0.29, 0.717) is 38.8 Å². The van der Waals surface area contributed by atoms with E-state index < -0.39 is 0 Å². The highest BCUT2D eigenvalue weighted by molar-refractivity contribution is 5.94. The summed E-state index contributed by atoms with van der Waals surface area (Å²) in [5.74, 6) is 0.739. The van der Waals surface area contributed by atoms with Crippen LogP contribution in [0.15, 0.2) is 55.1 Å². The standard InChI is InChI=1S/C33H39N7O2/c1-4-30(41)40-19-18-39(20-25(40)12-16-34)31-27-13-17-38(29-11-7-9-24-8-5-6-10-26(24)29)21-28(27)35-32(36-31)42-23-33(14-15-33)22-37(2)3/h4-11,25H,1,12-15,17-23H2,2-3H3. The van der Waals surface area contributed by atoms with Gasteiger partial charge in [-0.05, 0) is 50.9 Å². The van der Waals surface area contributed by atoms with E-state index in [1.807, 2.05) is 0 Å². The van der Waals surface area contributed by atoms with E-state index in [4.69, 9.17) is 14.7 Å². The van der Waals surface area contributed by atoms with Crippen molar-refractivity contribution in [2.24, 2.45) is 5.41 Å². The minimum atomic E-state index is -0.227. The van der Waals surface area contributed by atoms with Gasteiger partial charge in [-0.1, -0.05) is 43.0 Å². The second-order valence-electron chi connectivity index (χ2n) is 12.1. The molecule has 218 valence electrons. The van der Waals surface area contributed by atoms with Crippen LogP contribution in [0, 0.1) is 16.7 Å². The normalized spacial score (nSPS) is 19.4. The molecule has 9 nitrogen and oxygen atoms in total. The van der Waals surface area contributed by atoms with Crippen LogP contribution in [-0.4, -0.2) is 85.1 Å². The van der Waals surface area contributed by atoms with Crippen LogP contribution < -0.4 is 14.5 Å². The van der Waals surface area contributed by atoms with Crippen molar-refractivity contribution in [3.63, 3.8) is 0 Å². The molecule has 0 radical (unpaired) electrons. The second kappa shape index (κ2) is 11.6. The highest BCUT2D eigenvalue weighted by Crippen LogP contribution is 2.46. The average molecular weight is 566 g/mol. The molecule has 9 heteroatoms. The summed E-state index contributed by atoms with van der Waals surface area (Å²) in [6.07, 6.45) is 4.68. The Labute approximate surface area is 248 Å². The SMILES string of the molecule is C=CC(=O)N1CCN(c2nc(OCC3(CN(C)C)CC3)nc3c2CCN(c2cccc4ccccc24)C3)CC1CC#N. The van der Waals surface area contributed by atoms with Crippen molar-refractivity contribution in [2.75, 3.05) is 63.2 Å². The summed E-state index contributed by atoms with van der Waals surface area (Å²) in [5.41, 5.74) is 3.47. The minimum Gasteiger partial charge on any atom is -0.463 e. The van der Waals surface area contributed by atoms with E-state index in [1.165, 1.54) is 22.5 Å². The van der Waals surface area contributed by atoms with Crippen LogP contribution in [0.1, 0.15) is 30.5 Å². The Kier molecular flexibility index (Phi) is 7.74. The molecular formula is C33H39N7O2. The molecule has 2 fully saturated rings. The maximum Gasteiger partial charge on any atom is 0.318 e. The van der Waals surface area contributed by atoms with Crippen molar-refractivity contribution in [1.82, 2.24) is 19.8 Å². The van der Waals surface area contributed by atoms with Crippen molar-refractivity contribution in [3.05, 3.63) is 66.4 Å². The molecule has 0 bridgehead atoms. The topological polar surface area (TPSA) is 88.8 Å². The van der Waals surface area contributed by atoms with Gasteiger partial charge in [-0.3, -0.25) is 4.79 Å². The number of anilines is 2. The number of amides is 1. The zero-order valence-corrected chi connectivity index (χ0v) is 24.6. The fourth-order valence-electron chi connectivity index (χ4n) is 6.55. The molecule has 6 rings (SSSR count). The van der Waals surface area contributed by atoms with E-state index in [9.17, 15) is 10.1 Å². The highest BCUT2D eigenvalue weighted by atomic mass is 16.5. The number of aromatic nitrogens is 2. The number of rotatable bonds is 9. The molecular weight excluding hydrogens is 526 g/mol. The second-order valence-corrected chi connectivity index (χ2v) is 12.1. The zero-order valence-electron chi connectivity index (χ0n) is 24.6. The number of piperazine rings is 1. The van der Waals surface area contributed by atoms with Gasteiger partial charge in [0, 0.05) is 54.8 Å². The summed E-state index contributed by atoms with van der Waals surface area (Å²) in [7, 11) is 4.20. The number of carbonyl (C=O) groups excluding carboxylic acids is 1. The van der Waals surface area contributed by atoms with E-state index in [-0.39, 0.29) is 23.8 Å². The van der Waals surface area contributed by atoms with E-state index in [0.717, 1.165) is 49.4 Å². The first-order valence-corrected chi connectivity index (χ1v) is 14.8. The lowest BCUT2D eigenvalue weighted by atomic mass is 10.0. The van der Waals surface area contributed by atoms with Crippen LogP contribution in [0.2, 0.25) is 0 Å². The third-order valence-electron chi connectivity index (χ3n) is 8.81. The van der Waals surface area contributed by atoms with Crippen LogP contribution >= 0.6 is 0 Å². The van der Waals surface area contributed by atoms with Gasteiger partial charge in [-0.2, -0.15) is 15.2 Å². The Morgan fingerprint density at radius 3 is 2.71 bits per heavy atom. The van der Waals surface area contributed by atoms with Gasteiger partial charge in [-0.15, -0.1) is 0 Å². The molecule has 0 N–H and O–H groups in total. The molecule has 3 aliphatic rings. The van der Waals surface area contributed by atoms with Gasteiger partial charge in [0.1, 0.15) is 5.82 Å². The average Bonchev–Trinajstić information content (AvgIpc) is 3.77. The summed E-state index contributed by atoms with van der Waals surface area (Å²) in [6, 6.07) is 17.4. The van der Waals surface area contributed by atoms with E-state index in [1.54, 1.807) is 4.90 Å². The monoisotopic (exact) mass is 565 g/mol. The number of nitrogens with zero attached hydrogens (tertiary/aromatic N) is 7. The number of carbonyl (C=O) groups is 1. The summed E-state index contributed by atoms with van der Waals surface area (Å²) in [6.45, 7) is 8.42. The molecule has 2 aromatic carbocycles. The number of hydrogen-bond donors (Lipinski definition) is 0. The van der Waals surface area contributed by atoms with Crippen molar-refractivity contribution in [3.8, 4) is 12.1 Å². The number of benzene rings is 2. The van der Waals surface area contributed by atoms with Crippen LogP contribution in [0.4, 0.5) is 11.5 Å². The Bertz CT molecular complexity index is 1520. The first kappa shape index (κ1) is 28.0. The van der Waals surface area contributed by atoms with Crippen molar-refractivity contribution in [1.29, 1.82) is 5.26 Å². The molecule has 3 aromatic rings. The fourth-order valence-corrected chi connectivity index (χ4v) is 6.55. The highest BCUT2D eigenvalue weighted by Gasteiger charge is 2.44. The zero-order chi connectivity index (χ0) is 29.3. The predicted octanol–water partition coefficient (Wildman–Crippen LogP) is 4.03. The van der Waals surface area contributed by atoms with Gasteiger partial charge < -0.3 is 24.3 Å². The summed E-state index contributed by atoms with van der Waals surface area (Å²) in [4.78, 5) is 31.1. The lowest BCUT2D eigenvalue weighted by molar-refractivity contribution is -0.128. The number of hydrogen-bond acceptors (Lipinski definition) is 8. The first-order valence-electron chi connectivity index (χ1n) is 14.8. The van der Waals surface area contributed by atoms with Crippen LogP contribution in [0.25, 0.3) is 10.8 Å². The predicted molar refractivity (Wildman–Crippen MR) is 165 cm³/mol. The van der Waals surface area contributed by atoms with Crippen LogP contribution in [0.3, 0.4) is 0 Å². The van der Waals surface area contributed by atoms with Crippen LogP contribution in [-0.2, 0) is 17.8 Å². The smallest absolute Gasteiger partial charge is 0.318 e. The number of nitriles is 1. The summed E-state index contributed by atoms with van der Waals surface area (Å²) < 4.78 is 6.37. The first-order chi connectivity index (χ1) is 20.4. The lowest BCUT2D eigenvalue weighted by Gasteiger charge is -2.42. The molecule has 1 aromatic heterocycles. The van der Waals surface area contributed by atoms with Gasteiger partial charge in [0.05, 0.1) is 37.4 Å². The van der Waals surface area contributed by atoms with Gasteiger partial charge >= 0.3 is 6.01 Å². The van der Waals surface area contributed by atoms with Gasteiger partial charge in [0.15, 0.2) is 0 Å². The Morgan fingerprint density at radius 1 is 1.14 bits per heavy atom. The van der Waals surface area contributed by atoms with E-state index >= 15 is 0 Å². The molecule has 1 aliphatic carbocycles. The Balaban J connectivity index is 1.33. The third-order valence-corrected chi connectivity index (χ3v) is 8.81. The maximum absolute atomic E-state index is 12.5. The molecule has 3 heterocycles. The summed E-state index contributed by atoms with van der Waals surface area (Å²) in [5, 5.41) is 12.0. The number of fused-ring (bicyclic) bond motifs is 2. The van der Waals surface area contributed by atoms with Gasteiger partial charge in [-0.25, -0.2) is 0 Å². The molecule has 1 saturated carbocycles. The van der Waals surface area contributed by atoms with Gasteiger partial charge in [0.2, 0.25) is 5.91 Å². The lowest BCUT2D eigenvalue weighted by Crippen LogP contribution is -2.55. The fraction of sp³-hybridized carbons (Fsp3) is 0.455. The Hall–Kier alpha value is -4.16. The van der Waals surface area contributed by atoms with E-state index in [2.05, 4.69) is 83.9 Å².